The van der Waals surface area contributed by atoms with Gasteiger partial charge in [-0.2, -0.15) is 0 Å². The summed E-state index contributed by atoms with van der Waals surface area (Å²) in [5.41, 5.74) is 0.425. The molecule has 0 fully saturated rings. The van der Waals surface area contributed by atoms with Crippen LogP contribution in [0.3, 0.4) is 0 Å². The lowest BCUT2D eigenvalue weighted by molar-refractivity contribution is -0.115. The minimum absolute atomic E-state index is 0.177. The number of halogens is 1. The van der Waals surface area contributed by atoms with E-state index in [9.17, 15) is 9.59 Å². The predicted molar refractivity (Wildman–Crippen MR) is 80.3 cm³/mol. The summed E-state index contributed by atoms with van der Waals surface area (Å²) in [4.78, 5) is 29.7. The number of hydrogen-bond donors (Lipinski definition) is 2. The summed E-state index contributed by atoms with van der Waals surface area (Å²) in [6.07, 6.45) is 1.41. The first-order chi connectivity index (χ1) is 9.54. The van der Waals surface area contributed by atoms with E-state index >= 15 is 0 Å². The molecular weight excluding hydrogens is 298 g/mol. The number of nitrogens with zero attached hydrogens (tertiary/aromatic N) is 1. The molecular formula is C13H12ClN3O2S. The van der Waals surface area contributed by atoms with Crippen LogP contribution in [-0.4, -0.2) is 21.1 Å². The number of anilines is 1. The number of carbonyl (C=O) groups is 1. The Balaban J connectivity index is 1.98. The molecule has 0 spiro atoms. The maximum Gasteiger partial charge on any atom is 0.251 e. The highest BCUT2D eigenvalue weighted by Gasteiger charge is 2.15. The Kier molecular flexibility index (Phi) is 4.81. The van der Waals surface area contributed by atoms with Crippen molar-refractivity contribution in [1.82, 2.24) is 9.97 Å². The molecule has 2 N–H and O–H groups in total. The minimum Gasteiger partial charge on any atom is -0.325 e. The van der Waals surface area contributed by atoms with Crippen molar-refractivity contribution in [1.29, 1.82) is 0 Å². The number of benzene rings is 1. The number of thioether (sulfide) groups is 1. The molecule has 1 atom stereocenters. The number of rotatable bonds is 4. The smallest absolute Gasteiger partial charge is 0.251 e. The second-order valence-electron chi connectivity index (χ2n) is 4.00. The molecule has 104 valence electrons. The van der Waals surface area contributed by atoms with Gasteiger partial charge in [0, 0.05) is 23.0 Å². The van der Waals surface area contributed by atoms with Crippen molar-refractivity contribution in [3.05, 3.63) is 51.9 Å². The zero-order chi connectivity index (χ0) is 14.5. The summed E-state index contributed by atoms with van der Waals surface area (Å²) >= 11 is 6.96. The van der Waals surface area contributed by atoms with E-state index in [1.54, 1.807) is 31.2 Å². The third-order valence-electron chi connectivity index (χ3n) is 2.42. The van der Waals surface area contributed by atoms with Gasteiger partial charge in [-0.3, -0.25) is 9.59 Å². The topological polar surface area (TPSA) is 74.8 Å². The number of amides is 1. The van der Waals surface area contributed by atoms with Crippen LogP contribution in [0.15, 0.2) is 46.5 Å². The van der Waals surface area contributed by atoms with Gasteiger partial charge in [0.1, 0.15) is 0 Å². The van der Waals surface area contributed by atoms with Crippen molar-refractivity contribution in [2.24, 2.45) is 0 Å². The predicted octanol–water partition coefficient (Wildman–Crippen LogP) is 2.54. The van der Waals surface area contributed by atoms with E-state index in [-0.39, 0.29) is 11.5 Å². The molecule has 0 saturated heterocycles. The molecule has 0 aliphatic heterocycles. The highest BCUT2D eigenvalue weighted by atomic mass is 35.5. The van der Waals surface area contributed by atoms with Gasteiger partial charge in [0.25, 0.3) is 5.56 Å². The molecule has 0 radical (unpaired) electrons. The molecule has 20 heavy (non-hydrogen) atoms. The third kappa shape index (κ3) is 4.11. The maximum absolute atomic E-state index is 12.0. The monoisotopic (exact) mass is 309 g/mol. The zero-order valence-electron chi connectivity index (χ0n) is 10.6. The largest absolute Gasteiger partial charge is 0.325 e. The molecule has 1 amide bonds. The van der Waals surface area contributed by atoms with Crippen molar-refractivity contribution in [3.8, 4) is 0 Å². The Morgan fingerprint density at radius 1 is 1.35 bits per heavy atom. The van der Waals surface area contributed by atoms with E-state index in [0.717, 1.165) is 0 Å². The van der Waals surface area contributed by atoms with Crippen LogP contribution < -0.4 is 10.9 Å². The minimum atomic E-state index is -0.392. The van der Waals surface area contributed by atoms with Crippen molar-refractivity contribution in [2.45, 2.75) is 17.3 Å². The van der Waals surface area contributed by atoms with E-state index in [1.165, 1.54) is 24.0 Å². The molecule has 0 bridgehead atoms. The molecule has 0 aliphatic carbocycles. The summed E-state index contributed by atoms with van der Waals surface area (Å²) in [6.45, 7) is 1.74. The summed E-state index contributed by atoms with van der Waals surface area (Å²) in [6, 6.07) is 8.17. The molecule has 7 heteroatoms. The first kappa shape index (κ1) is 14.6. The maximum atomic E-state index is 12.0. The van der Waals surface area contributed by atoms with E-state index in [1.807, 2.05) is 0 Å². The fourth-order valence-electron chi connectivity index (χ4n) is 1.41. The van der Waals surface area contributed by atoms with Crippen LogP contribution in [0, 0.1) is 0 Å². The van der Waals surface area contributed by atoms with Crippen molar-refractivity contribution < 1.29 is 4.79 Å². The molecule has 2 rings (SSSR count). The highest BCUT2D eigenvalue weighted by molar-refractivity contribution is 8.00. The fraction of sp³-hybridized carbons (Fsp3) is 0.154. The van der Waals surface area contributed by atoms with E-state index < -0.39 is 5.25 Å². The first-order valence-electron chi connectivity index (χ1n) is 5.83. The SMILES string of the molecule is C[C@H](Sc1nccc(=O)[nH]1)C(=O)Nc1ccc(Cl)cc1. The summed E-state index contributed by atoms with van der Waals surface area (Å²) in [5, 5.41) is 3.39. The quantitative estimate of drug-likeness (QED) is 0.672. The van der Waals surface area contributed by atoms with Gasteiger partial charge in [-0.1, -0.05) is 23.4 Å². The second-order valence-corrected chi connectivity index (χ2v) is 5.76. The first-order valence-corrected chi connectivity index (χ1v) is 7.09. The number of nitrogens with one attached hydrogen (secondary N) is 2. The Hall–Kier alpha value is -1.79. The van der Waals surface area contributed by atoms with Crippen LogP contribution >= 0.6 is 23.4 Å². The van der Waals surface area contributed by atoms with Gasteiger partial charge in [0.2, 0.25) is 5.91 Å². The average Bonchev–Trinajstić information content (AvgIpc) is 2.41. The van der Waals surface area contributed by atoms with Gasteiger partial charge in [0.15, 0.2) is 5.16 Å². The number of H-pyrrole nitrogens is 1. The van der Waals surface area contributed by atoms with E-state index in [0.29, 0.717) is 15.9 Å². The van der Waals surface area contributed by atoms with Gasteiger partial charge in [-0.25, -0.2) is 4.98 Å². The van der Waals surface area contributed by atoms with Crippen LogP contribution in [0.2, 0.25) is 5.02 Å². The van der Waals surface area contributed by atoms with Crippen molar-refractivity contribution >= 4 is 35.0 Å². The van der Waals surface area contributed by atoms with Crippen molar-refractivity contribution in [2.75, 3.05) is 5.32 Å². The number of aromatic nitrogens is 2. The van der Waals surface area contributed by atoms with Gasteiger partial charge in [-0.05, 0) is 31.2 Å². The number of aromatic amines is 1. The number of carbonyl (C=O) groups excluding carboxylic acids is 1. The van der Waals surface area contributed by atoms with Crippen LogP contribution in [0.4, 0.5) is 5.69 Å². The third-order valence-corrected chi connectivity index (χ3v) is 3.67. The molecule has 5 nitrogen and oxygen atoms in total. The summed E-state index contributed by atoms with van der Waals surface area (Å²) < 4.78 is 0. The average molecular weight is 310 g/mol. The lowest BCUT2D eigenvalue weighted by atomic mass is 10.3. The van der Waals surface area contributed by atoms with E-state index in [4.69, 9.17) is 11.6 Å². The van der Waals surface area contributed by atoms with Gasteiger partial charge in [0.05, 0.1) is 5.25 Å². The van der Waals surface area contributed by atoms with Crippen LogP contribution in [0.1, 0.15) is 6.92 Å². The van der Waals surface area contributed by atoms with Crippen molar-refractivity contribution in [3.63, 3.8) is 0 Å². The number of hydrogen-bond acceptors (Lipinski definition) is 4. The molecule has 1 heterocycles. The normalized spacial score (nSPS) is 11.9. The van der Waals surface area contributed by atoms with Crippen LogP contribution in [0.25, 0.3) is 0 Å². The summed E-state index contributed by atoms with van der Waals surface area (Å²) in [5.74, 6) is -0.177. The van der Waals surface area contributed by atoms with Crippen LogP contribution in [-0.2, 0) is 4.79 Å². The van der Waals surface area contributed by atoms with Crippen LogP contribution in [0.5, 0.6) is 0 Å². The fourth-order valence-corrected chi connectivity index (χ4v) is 2.32. The molecule has 1 aromatic heterocycles. The Labute approximate surface area is 124 Å². The Morgan fingerprint density at radius 2 is 2.05 bits per heavy atom. The lowest BCUT2D eigenvalue weighted by Gasteiger charge is -2.11. The highest BCUT2D eigenvalue weighted by Crippen LogP contribution is 2.20. The Morgan fingerprint density at radius 3 is 2.70 bits per heavy atom. The lowest BCUT2D eigenvalue weighted by Crippen LogP contribution is -2.23. The standard InChI is InChI=1S/C13H12ClN3O2S/c1-8(20-13-15-7-6-11(18)17-13)12(19)16-10-4-2-9(14)3-5-10/h2-8H,1H3,(H,16,19)(H,15,17,18)/t8-/m0/s1. The van der Waals surface area contributed by atoms with Gasteiger partial charge >= 0.3 is 0 Å². The van der Waals surface area contributed by atoms with Gasteiger partial charge in [-0.15, -0.1) is 0 Å². The molecule has 2 aromatic rings. The second kappa shape index (κ2) is 6.58. The molecule has 1 aromatic carbocycles. The van der Waals surface area contributed by atoms with Gasteiger partial charge < -0.3 is 10.3 Å². The summed E-state index contributed by atoms with van der Waals surface area (Å²) in [7, 11) is 0. The van der Waals surface area contributed by atoms with E-state index in [2.05, 4.69) is 15.3 Å². The zero-order valence-corrected chi connectivity index (χ0v) is 12.2. The molecule has 0 unspecified atom stereocenters. The molecule has 0 aliphatic rings. The molecule has 0 saturated carbocycles. The Bertz CT molecular complexity index is 657.